The highest BCUT2D eigenvalue weighted by Gasteiger charge is 2.24. The van der Waals surface area contributed by atoms with Crippen molar-refractivity contribution in [3.8, 4) is 0 Å². The van der Waals surface area contributed by atoms with E-state index in [1.54, 1.807) is 0 Å². The molecule has 2 amide bonds. The number of aliphatic hydroxyl groups is 1. The SMILES string of the molecule is C=CCN(CCO)C(=O)NC(c1ccc(F)cc1F)C(C)C. The number of rotatable bonds is 7. The summed E-state index contributed by atoms with van der Waals surface area (Å²) in [5.41, 5.74) is 0.229. The molecule has 0 aromatic heterocycles. The van der Waals surface area contributed by atoms with Gasteiger partial charge in [-0.25, -0.2) is 13.6 Å². The second-order valence-corrected chi connectivity index (χ2v) is 5.30. The standard InChI is InChI=1S/C16H22F2N2O2/c1-4-7-20(8-9-21)16(22)19-15(11(2)3)13-6-5-12(17)10-14(13)18/h4-6,10-11,15,21H,1,7-9H2,2-3H3,(H,19,22). The zero-order chi connectivity index (χ0) is 16.7. The molecule has 0 saturated carbocycles. The Balaban J connectivity index is 2.96. The first-order chi connectivity index (χ1) is 10.4. The molecular formula is C16H22F2N2O2. The second-order valence-electron chi connectivity index (χ2n) is 5.30. The Kier molecular flexibility index (Phi) is 6.98. The van der Waals surface area contributed by atoms with Gasteiger partial charge in [-0.05, 0) is 12.0 Å². The van der Waals surface area contributed by atoms with Crippen LogP contribution in [0.1, 0.15) is 25.5 Å². The van der Waals surface area contributed by atoms with Gasteiger partial charge in [-0.1, -0.05) is 26.0 Å². The zero-order valence-electron chi connectivity index (χ0n) is 12.9. The highest BCUT2D eigenvalue weighted by atomic mass is 19.1. The first-order valence-electron chi connectivity index (χ1n) is 7.12. The molecule has 1 unspecified atom stereocenters. The Morgan fingerprint density at radius 2 is 2.14 bits per heavy atom. The van der Waals surface area contributed by atoms with E-state index in [0.717, 1.165) is 12.1 Å². The van der Waals surface area contributed by atoms with Crippen LogP contribution in [0.25, 0.3) is 0 Å². The molecule has 1 rings (SSSR count). The minimum absolute atomic E-state index is 0.0939. The molecule has 2 N–H and O–H groups in total. The highest BCUT2D eigenvalue weighted by molar-refractivity contribution is 5.75. The maximum atomic E-state index is 13.9. The van der Waals surface area contributed by atoms with E-state index in [2.05, 4.69) is 11.9 Å². The van der Waals surface area contributed by atoms with E-state index in [9.17, 15) is 13.6 Å². The van der Waals surface area contributed by atoms with Gasteiger partial charge in [-0.15, -0.1) is 6.58 Å². The summed E-state index contributed by atoms with van der Waals surface area (Å²) in [4.78, 5) is 13.6. The molecule has 0 radical (unpaired) electrons. The molecule has 0 spiro atoms. The molecule has 22 heavy (non-hydrogen) atoms. The number of carbonyl (C=O) groups is 1. The fourth-order valence-electron chi connectivity index (χ4n) is 2.13. The molecule has 6 heteroatoms. The molecular weight excluding hydrogens is 290 g/mol. The molecule has 1 aromatic carbocycles. The molecule has 0 bridgehead atoms. The zero-order valence-corrected chi connectivity index (χ0v) is 12.9. The van der Waals surface area contributed by atoms with Gasteiger partial charge in [0.05, 0.1) is 12.6 Å². The average Bonchev–Trinajstić information content (AvgIpc) is 2.44. The van der Waals surface area contributed by atoms with Crippen LogP contribution in [-0.2, 0) is 0 Å². The van der Waals surface area contributed by atoms with E-state index in [4.69, 9.17) is 5.11 Å². The number of carbonyl (C=O) groups excluding carboxylic acids is 1. The molecule has 0 aliphatic carbocycles. The maximum Gasteiger partial charge on any atom is 0.318 e. The summed E-state index contributed by atoms with van der Waals surface area (Å²) >= 11 is 0. The Bertz CT molecular complexity index is 521. The van der Waals surface area contributed by atoms with E-state index in [1.165, 1.54) is 17.0 Å². The summed E-state index contributed by atoms with van der Waals surface area (Å²) in [6, 6.07) is 2.26. The van der Waals surface area contributed by atoms with Gasteiger partial charge in [0.1, 0.15) is 11.6 Å². The van der Waals surface area contributed by atoms with Gasteiger partial charge < -0.3 is 15.3 Å². The Hall–Kier alpha value is -1.95. The maximum absolute atomic E-state index is 13.9. The van der Waals surface area contributed by atoms with Crippen LogP contribution in [0.15, 0.2) is 30.9 Å². The van der Waals surface area contributed by atoms with Crippen molar-refractivity contribution >= 4 is 6.03 Å². The lowest BCUT2D eigenvalue weighted by atomic mass is 9.95. The molecule has 4 nitrogen and oxygen atoms in total. The number of hydrogen-bond acceptors (Lipinski definition) is 2. The number of amides is 2. The van der Waals surface area contributed by atoms with Crippen LogP contribution in [-0.4, -0.2) is 35.7 Å². The topological polar surface area (TPSA) is 52.6 Å². The second kappa shape index (κ2) is 8.48. The van der Waals surface area contributed by atoms with E-state index >= 15 is 0 Å². The molecule has 1 aromatic rings. The van der Waals surface area contributed by atoms with Gasteiger partial charge in [0.25, 0.3) is 0 Å². The van der Waals surface area contributed by atoms with Crippen LogP contribution in [0.2, 0.25) is 0 Å². The third-order valence-corrected chi connectivity index (χ3v) is 3.25. The molecule has 0 aliphatic rings. The lowest BCUT2D eigenvalue weighted by molar-refractivity contribution is 0.177. The van der Waals surface area contributed by atoms with Crippen molar-refractivity contribution in [1.82, 2.24) is 10.2 Å². The van der Waals surface area contributed by atoms with Crippen molar-refractivity contribution in [2.45, 2.75) is 19.9 Å². The van der Waals surface area contributed by atoms with E-state index in [-0.39, 0.29) is 31.2 Å². The van der Waals surface area contributed by atoms with Gasteiger partial charge >= 0.3 is 6.03 Å². The van der Waals surface area contributed by atoms with E-state index < -0.39 is 23.7 Å². The quantitative estimate of drug-likeness (QED) is 0.761. The lowest BCUT2D eigenvalue weighted by Crippen LogP contribution is -2.44. The fourth-order valence-corrected chi connectivity index (χ4v) is 2.13. The predicted molar refractivity (Wildman–Crippen MR) is 81.3 cm³/mol. The summed E-state index contributed by atoms with van der Waals surface area (Å²) in [6.07, 6.45) is 1.54. The van der Waals surface area contributed by atoms with Crippen LogP contribution in [0, 0.1) is 17.6 Å². The van der Waals surface area contributed by atoms with Crippen LogP contribution in [0.4, 0.5) is 13.6 Å². The van der Waals surface area contributed by atoms with Crippen molar-refractivity contribution in [3.05, 3.63) is 48.1 Å². The van der Waals surface area contributed by atoms with Crippen molar-refractivity contribution in [1.29, 1.82) is 0 Å². The Labute approximate surface area is 129 Å². The summed E-state index contributed by atoms with van der Waals surface area (Å²) in [7, 11) is 0. The summed E-state index contributed by atoms with van der Waals surface area (Å²) in [5.74, 6) is -1.45. The largest absolute Gasteiger partial charge is 0.395 e. The van der Waals surface area contributed by atoms with Crippen LogP contribution in [0.5, 0.6) is 0 Å². The van der Waals surface area contributed by atoms with Gasteiger partial charge in [0.15, 0.2) is 0 Å². The monoisotopic (exact) mass is 312 g/mol. The van der Waals surface area contributed by atoms with Crippen molar-refractivity contribution in [2.24, 2.45) is 5.92 Å². The summed E-state index contributed by atoms with van der Waals surface area (Å²) in [6.45, 7) is 7.45. The van der Waals surface area contributed by atoms with Crippen molar-refractivity contribution in [3.63, 3.8) is 0 Å². The smallest absolute Gasteiger partial charge is 0.318 e. The Morgan fingerprint density at radius 1 is 1.45 bits per heavy atom. The number of benzene rings is 1. The highest BCUT2D eigenvalue weighted by Crippen LogP contribution is 2.25. The summed E-state index contributed by atoms with van der Waals surface area (Å²) in [5, 5.41) is 11.7. The number of nitrogens with zero attached hydrogens (tertiary/aromatic N) is 1. The number of aliphatic hydroxyl groups excluding tert-OH is 1. The van der Waals surface area contributed by atoms with E-state index in [1.807, 2.05) is 13.8 Å². The third kappa shape index (κ3) is 4.80. The van der Waals surface area contributed by atoms with Crippen LogP contribution in [0.3, 0.4) is 0 Å². The number of hydrogen-bond donors (Lipinski definition) is 2. The molecule has 1 atom stereocenters. The minimum atomic E-state index is -0.698. The third-order valence-electron chi connectivity index (χ3n) is 3.25. The minimum Gasteiger partial charge on any atom is -0.395 e. The van der Waals surface area contributed by atoms with Crippen LogP contribution < -0.4 is 5.32 Å². The van der Waals surface area contributed by atoms with Gasteiger partial charge in [0.2, 0.25) is 0 Å². The summed E-state index contributed by atoms with van der Waals surface area (Å²) < 4.78 is 27.0. The van der Waals surface area contributed by atoms with Crippen molar-refractivity contribution in [2.75, 3.05) is 19.7 Å². The number of nitrogens with one attached hydrogen (secondary N) is 1. The normalized spacial score (nSPS) is 12.1. The fraction of sp³-hybridized carbons (Fsp3) is 0.438. The first kappa shape index (κ1) is 18.1. The lowest BCUT2D eigenvalue weighted by Gasteiger charge is -2.28. The molecule has 122 valence electrons. The average molecular weight is 312 g/mol. The number of halogens is 2. The predicted octanol–water partition coefficient (Wildman–Crippen LogP) is 2.85. The Morgan fingerprint density at radius 3 is 2.64 bits per heavy atom. The van der Waals surface area contributed by atoms with Gasteiger partial charge in [-0.3, -0.25) is 0 Å². The van der Waals surface area contributed by atoms with Gasteiger partial charge in [-0.2, -0.15) is 0 Å². The van der Waals surface area contributed by atoms with E-state index in [0.29, 0.717) is 0 Å². The molecule has 0 fully saturated rings. The first-order valence-corrected chi connectivity index (χ1v) is 7.12. The number of urea groups is 1. The molecule has 0 saturated heterocycles. The molecule has 0 aliphatic heterocycles. The van der Waals surface area contributed by atoms with Gasteiger partial charge in [0, 0.05) is 24.7 Å². The molecule has 0 heterocycles. The van der Waals surface area contributed by atoms with Crippen LogP contribution >= 0.6 is 0 Å². The van der Waals surface area contributed by atoms with Crippen molar-refractivity contribution < 1.29 is 18.7 Å².